The molecule has 7 N–H and O–H groups in total. The van der Waals surface area contributed by atoms with E-state index < -0.39 is 45.8 Å². The Balaban J connectivity index is 0.00000364. The van der Waals surface area contributed by atoms with Crippen molar-refractivity contribution in [3.05, 3.63) is 71.8 Å². The molecule has 2 aromatic rings. The lowest BCUT2D eigenvalue weighted by Crippen LogP contribution is -2.71. The van der Waals surface area contributed by atoms with Crippen molar-refractivity contribution in [1.29, 1.82) is 0 Å². The summed E-state index contributed by atoms with van der Waals surface area (Å²) >= 11 is 0. The van der Waals surface area contributed by atoms with Gasteiger partial charge in [0.1, 0.15) is 0 Å². The van der Waals surface area contributed by atoms with Crippen molar-refractivity contribution in [3.8, 4) is 0 Å². The van der Waals surface area contributed by atoms with Gasteiger partial charge >= 0.3 is 11.9 Å². The molecular weight excluding hydrogens is 358 g/mol. The maximum Gasteiger partial charge on any atom is 0.348 e. The number of hydrogen-bond acceptors (Lipinski definition) is 7. The van der Waals surface area contributed by atoms with Gasteiger partial charge in [0.05, 0.1) is 0 Å². The molecule has 0 saturated carbocycles. The molecule has 0 aliphatic carbocycles. The Morgan fingerprint density at radius 3 is 1.07 bits per heavy atom. The summed E-state index contributed by atoms with van der Waals surface area (Å²) in [6.45, 7) is 0. The van der Waals surface area contributed by atoms with Gasteiger partial charge in [0.25, 0.3) is 11.2 Å². The van der Waals surface area contributed by atoms with Crippen LogP contribution >= 0.6 is 0 Å². The van der Waals surface area contributed by atoms with Gasteiger partial charge in [-0.3, -0.25) is 9.59 Å². The minimum absolute atomic E-state index is 0. The normalized spacial score (nSPS) is 14.7. The van der Waals surface area contributed by atoms with Gasteiger partial charge in [-0.15, -0.1) is 0 Å². The zero-order chi connectivity index (χ0) is 19.5. The van der Waals surface area contributed by atoms with Crippen molar-refractivity contribution in [2.45, 2.75) is 11.2 Å². The van der Waals surface area contributed by atoms with Crippen LogP contribution < -0.4 is 6.15 Å². The average Bonchev–Trinajstić information content (AvgIpc) is 2.66. The standard InChI is InChI=1S/C18H14O8.H3N/c19-13(11-7-3-1-4-8-11)17(25,15(21)22)18(26,16(23)24)14(20)12-9-5-2-6-10-12;/h1-10,25-26H,(H,21,22)(H,23,24);1H3. The Hall–Kier alpha value is -3.40. The van der Waals surface area contributed by atoms with Crippen molar-refractivity contribution in [2.75, 3.05) is 0 Å². The van der Waals surface area contributed by atoms with E-state index in [-0.39, 0.29) is 6.15 Å². The number of aliphatic carboxylic acids is 2. The number of carbonyl (C=O) groups is 4. The third-order valence-corrected chi connectivity index (χ3v) is 3.87. The van der Waals surface area contributed by atoms with Crippen LogP contribution in [-0.2, 0) is 9.59 Å². The molecule has 9 heteroatoms. The number of hydrogen-bond donors (Lipinski definition) is 5. The lowest BCUT2D eigenvalue weighted by Gasteiger charge is -2.34. The van der Waals surface area contributed by atoms with Crippen LogP contribution in [0.25, 0.3) is 0 Å². The molecule has 2 unspecified atom stereocenters. The van der Waals surface area contributed by atoms with Crippen LogP contribution in [0.3, 0.4) is 0 Å². The first-order valence-electron chi connectivity index (χ1n) is 7.28. The maximum absolute atomic E-state index is 12.6. The predicted molar refractivity (Wildman–Crippen MR) is 91.7 cm³/mol. The van der Waals surface area contributed by atoms with Gasteiger partial charge in [0.2, 0.25) is 11.6 Å². The van der Waals surface area contributed by atoms with Crippen LogP contribution in [0.4, 0.5) is 0 Å². The highest BCUT2D eigenvalue weighted by Crippen LogP contribution is 2.31. The Labute approximate surface area is 153 Å². The zero-order valence-electron chi connectivity index (χ0n) is 13.9. The van der Waals surface area contributed by atoms with Crippen LogP contribution in [0, 0.1) is 0 Å². The number of aliphatic hydroxyl groups is 2. The summed E-state index contributed by atoms with van der Waals surface area (Å²) in [5, 5.41) is 39.9. The van der Waals surface area contributed by atoms with Crippen LogP contribution in [0.15, 0.2) is 60.7 Å². The summed E-state index contributed by atoms with van der Waals surface area (Å²) in [6, 6.07) is 12.8. The highest BCUT2D eigenvalue weighted by Gasteiger charge is 2.69. The van der Waals surface area contributed by atoms with Gasteiger partial charge in [-0.05, 0) is 0 Å². The molecule has 0 aliphatic heterocycles. The van der Waals surface area contributed by atoms with E-state index in [1.807, 2.05) is 0 Å². The van der Waals surface area contributed by atoms with Gasteiger partial charge < -0.3 is 26.6 Å². The molecule has 0 saturated heterocycles. The first kappa shape index (κ1) is 21.6. The van der Waals surface area contributed by atoms with E-state index >= 15 is 0 Å². The molecule has 0 spiro atoms. The molecule has 27 heavy (non-hydrogen) atoms. The SMILES string of the molecule is N.O=C(O)C(O)(C(=O)c1ccccc1)C(O)(C(=O)O)C(=O)c1ccccc1. The van der Waals surface area contributed by atoms with Gasteiger partial charge in [-0.25, -0.2) is 9.59 Å². The molecule has 0 fully saturated rings. The molecule has 2 aromatic carbocycles. The Morgan fingerprint density at radius 1 is 0.593 bits per heavy atom. The summed E-state index contributed by atoms with van der Waals surface area (Å²) in [7, 11) is 0. The van der Waals surface area contributed by atoms with Crippen molar-refractivity contribution in [2.24, 2.45) is 0 Å². The lowest BCUT2D eigenvalue weighted by atomic mass is 9.73. The Kier molecular flexibility index (Phi) is 6.31. The van der Waals surface area contributed by atoms with Crippen molar-refractivity contribution in [3.63, 3.8) is 0 Å². The number of carboxylic acids is 2. The van der Waals surface area contributed by atoms with Gasteiger partial charge in [-0.1, -0.05) is 60.7 Å². The fraction of sp³-hybridized carbons (Fsp3) is 0.111. The molecular formula is C18H17NO8. The molecule has 0 radical (unpaired) electrons. The third-order valence-electron chi connectivity index (χ3n) is 3.87. The summed E-state index contributed by atoms with van der Waals surface area (Å²) in [5.41, 5.74) is -8.68. The van der Waals surface area contributed by atoms with Crippen LogP contribution in [0.5, 0.6) is 0 Å². The van der Waals surface area contributed by atoms with Crippen LogP contribution in [0.2, 0.25) is 0 Å². The number of carbonyl (C=O) groups excluding carboxylic acids is 2. The van der Waals surface area contributed by atoms with E-state index in [0.29, 0.717) is 0 Å². The van der Waals surface area contributed by atoms with E-state index in [1.54, 1.807) is 0 Å². The van der Waals surface area contributed by atoms with Crippen molar-refractivity contribution < 1.29 is 39.6 Å². The molecule has 0 bridgehead atoms. The minimum atomic E-state index is -3.95. The smallest absolute Gasteiger partial charge is 0.348 e. The van der Waals surface area contributed by atoms with E-state index in [0.717, 1.165) is 24.3 Å². The van der Waals surface area contributed by atoms with Crippen LogP contribution in [0.1, 0.15) is 20.7 Å². The Morgan fingerprint density at radius 2 is 0.852 bits per heavy atom. The minimum Gasteiger partial charge on any atom is -0.479 e. The van der Waals surface area contributed by atoms with Crippen molar-refractivity contribution >= 4 is 23.5 Å². The third kappa shape index (κ3) is 3.34. The second kappa shape index (κ2) is 7.87. The quantitative estimate of drug-likeness (QED) is 0.340. The van der Waals surface area contributed by atoms with Gasteiger partial charge in [0, 0.05) is 11.1 Å². The summed E-state index contributed by atoms with van der Waals surface area (Å²) in [5.74, 6) is -8.03. The first-order chi connectivity index (χ1) is 12.2. The second-order valence-electron chi connectivity index (χ2n) is 5.42. The van der Waals surface area contributed by atoms with E-state index in [1.165, 1.54) is 36.4 Å². The van der Waals surface area contributed by atoms with E-state index in [4.69, 9.17) is 0 Å². The highest BCUT2D eigenvalue weighted by atomic mass is 16.5. The molecule has 9 nitrogen and oxygen atoms in total. The number of Topliss-reactive ketones (excluding diaryl/α,β-unsaturated/α-hetero) is 2. The fourth-order valence-electron chi connectivity index (χ4n) is 2.43. The molecule has 2 atom stereocenters. The lowest BCUT2D eigenvalue weighted by molar-refractivity contribution is -0.187. The topological polar surface area (TPSA) is 184 Å². The largest absolute Gasteiger partial charge is 0.479 e. The highest BCUT2D eigenvalue weighted by molar-refractivity contribution is 6.28. The molecule has 0 heterocycles. The summed E-state index contributed by atoms with van der Waals surface area (Å²) < 4.78 is 0. The molecule has 0 aromatic heterocycles. The van der Waals surface area contributed by atoms with E-state index in [9.17, 15) is 39.6 Å². The maximum atomic E-state index is 12.6. The van der Waals surface area contributed by atoms with Crippen molar-refractivity contribution in [1.82, 2.24) is 6.15 Å². The second-order valence-corrected chi connectivity index (χ2v) is 5.42. The summed E-state index contributed by atoms with van der Waals surface area (Å²) in [4.78, 5) is 48.5. The molecule has 0 aliphatic rings. The number of carboxylic acid groups (broad SMARTS) is 2. The van der Waals surface area contributed by atoms with Crippen LogP contribution in [-0.4, -0.2) is 55.1 Å². The molecule has 142 valence electrons. The fourth-order valence-corrected chi connectivity index (χ4v) is 2.43. The number of benzene rings is 2. The Bertz CT molecular complexity index is 794. The van der Waals surface area contributed by atoms with Gasteiger partial charge in [0.15, 0.2) is 0 Å². The zero-order valence-corrected chi connectivity index (χ0v) is 13.9. The molecule has 0 amide bonds. The molecule has 2 rings (SSSR count). The van der Waals surface area contributed by atoms with E-state index in [2.05, 4.69) is 0 Å². The summed E-state index contributed by atoms with van der Waals surface area (Å²) in [6.07, 6.45) is 0. The number of rotatable bonds is 7. The number of ketones is 2. The monoisotopic (exact) mass is 375 g/mol. The average molecular weight is 375 g/mol. The van der Waals surface area contributed by atoms with Gasteiger partial charge in [-0.2, -0.15) is 0 Å². The predicted octanol–water partition coefficient (Wildman–Crippen LogP) is 0.546. The first-order valence-corrected chi connectivity index (χ1v) is 7.28.